The highest BCUT2D eigenvalue weighted by Crippen LogP contribution is 2.24. The quantitative estimate of drug-likeness (QED) is 0.436. The first kappa shape index (κ1) is 14.9. The van der Waals surface area contributed by atoms with Crippen molar-refractivity contribution in [1.29, 1.82) is 0 Å². The number of carbonyl (C=O) groups excluding carboxylic acids is 1. The first-order valence-corrected chi connectivity index (χ1v) is 7.35. The maximum absolute atomic E-state index is 12.2. The molecule has 20 heavy (non-hydrogen) atoms. The molecule has 0 atom stereocenters. The molecular weight excluding hydrogens is 439 g/mol. The Morgan fingerprint density at radius 3 is 2.65 bits per heavy atom. The molecule has 0 aliphatic rings. The van der Waals surface area contributed by atoms with Gasteiger partial charge in [0.1, 0.15) is 0 Å². The second-order valence-corrected chi connectivity index (χ2v) is 5.99. The molecule has 0 bridgehead atoms. The molecule has 2 rings (SSSR count). The molecule has 1 N–H and O–H groups in total. The molecule has 0 aromatic heterocycles. The number of nitrogens with one attached hydrogen (secondary N) is 1. The largest absolute Gasteiger partial charge is 0.322 e. The van der Waals surface area contributed by atoms with E-state index in [1.54, 1.807) is 6.07 Å². The van der Waals surface area contributed by atoms with Crippen molar-refractivity contribution in [2.24, 2.45) is 0 Å². The van der Waals surface area contributed by atoms with Crippen molar-refractivity contribution in [3.05, 3.63) is 66.2 Å². The van der Waals surface area contributed by atoms with Crippen molar-refractivity contribution < 1.29 is 9.72 Å². The molecule has 0 aliphatic carbocycles. The number of benzene rings is 2. The molecule has 102 valence electrons. The Balaban J connectivity index is 2.29. The maximum Gasteiger partial charge on any atom is 0.270 e. The first-order valence-electron chi connectivity index (χ1n) is 5.48. The number of hydrogen-bond acceptors (Lipinski definition) is 3. The van der Waals surface area contributed by atoms with Gasteiger partial charge in [0.05, 0.1) is 10.5 Å². The van der Waals surface area contributed by atoms with Crippen LogP contribution in [0, 0.1) is 13.7 Å². The summed E-state index contributed by atoms with van der Waals surface area (Å²) in [6.07, 6.45) is 0. The van der Waals surface area contributed by atoms with Gasteiger partial charge in [-0.15, -0.1) is 0 Å². The maximum atomic E-state index is 12.2. The number of nitro groups is 1. The van der Waals surface area contributed by atoms with Crippen LogP contribution in [0.25, 0.3) is 0 Å². The Morgan fingerprint density at radius 2 is 2.00 bits per heavy atom. The lowest BCUT2D eigenvalue weighted by atomic mass is 10.2. The number of hydrogen-bond donors (Lipinski definition) is 1. The van der Waals surface area contributed by atoms with Crippen LogP contribution in [0.15, 0.2) is 46.9 Å². The van der Waals surface area contributed by atoms with Crippen molar-refractivity contribution in [3.8, 4) is 0 Å². The molecule has 7 heteroatoms. The second-order valence-electron chi connectivity index (χ2n) is 3.89. The van der Waals surface area contributed by atoms with Crippen LogP contribution in [-0.4, -0.2) is 10.8 Å². The van der Waals surface area contributed by atoms with E-state index in [1.807, 2.05) is 18.2 Å². The Bertz CT molecular complexity index is 691. The van der Waals surface area contributed by atoms with Gasteiger partial charge < -0.3 is 5.32 Å². The van der Waals surface area contributed by atoms with E-state index in [-0.39, 0.29) is 11.3 Å². The molecule has 0 aliphatic heterocycles. The molecular formula is C13H8BrIN2O3. The van der Waals surface area contributed by atoms with Crippen molar-refractivity contribution in [2.75, 3.05) is 5.32 Å². The third kappa shape index (κ3) is 3.54. The number of non-ortho nitro benzene ring substituents is 1. The minimum absolute atomic E-state index is 0.124. The van der Waals surface area contributed by atoms with E-state index in [9.17, 15) is 14.9 Å². The molecule has 0 spiro atoms. The fourth-order valence-electron chi connectivity index (χ4n) is 1.57. The molecule has 0 heterocycles. The predicted octanol–water partition coefficient (Wildman–Crippen LogP) is 4.21. The fraction of sp³-hybridized carbons (Fsp3) is 0. The van der Waals surface area contributed by atoms with Gasteiger partial charge in [-0.2, -0.15) is 0 Å². The molecule has 0 saturated carbocycles. The minimum atomic E-state index is -0.533. The number of anilines is 1. The summed E-state index contributed by atoms with van der Waals surface area (Å²) in [5, 5.41) is 13.5. The molecule has 0 saturated heterocycles. The van der Waals surface area contributed by atoms with E-state index in [2.05, 4.69) is 43.8 Å². The van der Waals surface area contributed by atoms with Gasteiger partial charge in [0, 0.05) is 25.9 Å². The van der Waals surface area contributed by atoms with Crippen molar-refractivity contribution >= 4 is 55.8 Å². The minimum Gasteiger partial charge on any atom is -0.322 e. The monoisotopic (exact) mass is 446 g/mol. The molecule has 2 aromatic carbocycles. The zero-order chi connectivity index (χ0) is 14.7. The van der Waals surface area contributed by atoms with Gasteiger partial charge in [-0.3, -0.25) is 14.9 Å². The van der Waals surface area contributed by atoms with Gasteiger partial charge in [-0.05, 0) is 62.8 Å². The van der Waals surface area contributed by atoms with E-state index in [1.165, 1.54) is 18.2 Å². The lowest BCUT2D eigenvalue weighted by molar-refractivity contribution is -0.384. The van der Waals surface area contributed by atoms with Crippen molar-refractivity contribution in [2.45, 2.75) is 0 Å². The third-order valence-corrected chi connectivity index (χ3v) is 3.85. The van der Waals surface area contributed by atoms with E-state index in [4.69, 9.17) is 0 Å². The summed E-state index contributed by atoms with van der Waals surface area (Å²) in [6.45, 7) is 0. The number of rotatable bonds is 3. The number of carbonyl (C=O) groups is 1. The molecule has 1 amide bonds. The van der Waals surface area contributed by atoms with E-state index >= 15 is 0 Å². The third-order valence-electron chi connectivity index (χ3n) is 2.49. The Kier molecular flexibility index (Phi) is 4.71. The SMILES string of the molecule is O=C(Nc1cccc(I)c1)c1cc([N+](=O)[O-])ccc1Br. The summed E-state index contributed by atoms with van der Waals surface area (Å²) in [5.74, 6) is -0.400. The fourth-order valence-corrected chi connectivity index (χ4v) is 2.54. The summed E-state index contributed by atoms with van der Waals surface area (Å²) >= 11 is 5.36. The second kappa shape index (κ2) is 6.31. The van der Waals surface area contributed by atoms with Crippen LogP contribution in [0.3, 0.4) is 0 Å². The summed E-state index contributed by atoms with van der Waals surface area (Å²) in [6, 6.07) is 11.4. The number of nitrogens with zero attached hydrogens (tertiary/aromatic N) is 1. The number of amides is 1. The van der Waals surface area contributed by atoms with Crippen LogP contribution >= 0.6 is 38.5 Å². The topological polar surface area (TPSA) is 72.2 Å². The predicted molar refractivity (Wildman–Crippen MR) is 87.9 cm³/mol. The lowest BCUT2D eigenvalue weighted by Crippen LogP contribution is -2.13. The van der Waals surface area contributed by atoms with Gasteiger partial charge in [0.25, 0.3) is 11.6 Å². The molecule has 5 nitrogen and oxygen atoms in total. The number of halogens is 2. The normalized spacial score (nSPS) is 10.1. The molecule has 0 radical (unpaired) electrons. The zero-order valence-corrected chi connectivity index (χ0v) is 13.7. The van der Waals surface area contributed by atoms with Gasteiger partial charge in [0.2, 0.25) is 0 Å². The van der Waals surface area contributed by atoms with E-state index < -0.39 is 10.8 Å². The van der Waals surface area contributed by atoms with Crippen molar-refractivity contribution in [1.82, 2.24) is 0 Å². The highest BCUT2D eigenvalue weighted by atomic mass is 127. The summed E-state index contributed by atoms with van der Waals surface area (Å²) < 4.78 is 1.49. The first-order chi connectivity index (χ1) is 9.47. The van der Waals surface area contributed by atoms with Crippen LogP contribution < -0.4 is 5.32 Å². The van der Waals surface area contributed by atoms with Gasteiger partial charge >= 0.3 is 0 Å². The van der Waals surface area contributed by atoms with Crippen LogP contribution in [0.5, 0.6) is 0 Å². The summed E-state index contributed by atoms with van der Waals surface area (Å²) in [7, 11) is 0. The van der Waals surface area contributed by atoms with Crippen LogP contribution in [-0.2, 0) is 0 Å². The van der Waals surface area contributed by atoms with Gasteiger partial charge in [-0.1, -0.05) is 6.07 Å². The Labute approximate surface area is 136 Å². The lowest BCUT2D eigenvalue weighted by Gasteiger charge is -2.07. The van der Waals surface area contributed by atoms with Gasteiger partial charge in [0.15, 0.2) is 0 Å². The average molecular weight is 447 g/mol. The highest BCUT2D eigenvalue weighted by molar-refractivity contribution is 14.1. The average Bonchev–Trinajstić information content (AvgIpc) is 2.38. The van der Waals surface area contributed by atoms with Gasteiger partial charge in [-0.25, -0.2) is 0 Å². The van der Waals surface area contributed by atoms with Crippen LogP contribution in [0.1, 0.15) is 10.4 Å². The summed E-state index contributed by atoms with van der Waals surface area (Å²) in [5.41, 5.74) is 0.736. The molecule has 0 unspecified atom stereocenters. The summed E-state index contributed by atoms with van der Waals surface area (Å²) in [4.78, 5) is 22.4. The standard InChI is InChI=1S/C13H8BrIN2O3/c14-12-5-4-10(17(19)20)7-11(12)13(18)16-9-3-1-2-8(15)6-9/h1-7H,(H,16,18). The zero-order valence-electron chi connectivity index (χ0n) is 9.97. The van der Waals surface area contributed by atoms with Crippen LogP contribution in [0.2, 0.25) is 0 Å². The van der Waals surface area contributed by atoms with Crippen molar-refractivity contribution in [3.63, 3.8) is 0 Å². The Hall–Kier alpha value is -1.48. The van der Waals surface area contributed by atoms with E-state index in [0.717, 1.165) is 3.57 Å². The molecule has 0 fully saturated rings. The number of nitro benzene ring substituents is 1. The van der Waals surface area contributed by atoms with E-state index in [0.29, 0.717) is 10.2 Å². The Morgan fingerprint density at radius 1 is 1.25 bits per heavy atom. The smallest absolute Gasteiger partial charge is 0.270 e. The molecule has 2 aromatic rings. The van der Waals surface area contributed by atoms with Crippen LogP contribution in [0.4, 0.5) is 11.4 Å². The highest BCUT2D eigenvalue weighted by Gasteiger charge is 2.15.